The van der Waals surface area contributed by atoms with E-state index in [1.807, 2.05) is 0 Å². The fraction of sp³-hybridized carbons (Fsp3) is 0.500. The van der Waals surface area contributed by atoms with Crippen molar-refractivity contribution in [3.05, 3.63) is 29.8 Å². The predicted molar refractivity (Wildman–Crippen MR) is 65.5 cm³/mol. The van der Waals surface area contributed by atoms with E-state index in [9.17, 15) is 18.0 Å². The molecule has 0 heterocycles. The Morgan fingerprint density at radius 1 is 1.20 bits per heavy atom. The molecule has 0 radical (unpaired) electrons. The van der Waals surface area contributed by atoms with Crippen LogP contribution in [-0.2, 0) is 4.79 Å². The molecule has 1 aliphatic carbocycles. The Kier molecular flexibility index (Phi) is 4.20. The average molecular weight is 288 g/mol. The van der Waals surface area contributed by atoms with Crippen LogP contribution in [0, 0.1) is 5.92 Å². The summed E-state index contributed by atoms with van der Waals surface area (Å²) >= 11 is 0. The third kappa shape index (κ3) is 3.88. The van der Waals surface area contributed by atoms with Crippen LogP contribution in [-0.4, -0.2) is 17.4 Å². The van der Waals surface area contributed by atoms with Crippen molar-refractivity contribution < 1.29 is 27.8 Å². The zero-order chi connectivity index (χ0) is 14.8. The van der Waals surface area contributed by atoms with Gasteiger partial charge in [0, 0.05) is 0 Å². The molecule has 110 valence electrons. The van der Waals surface area contributed by atoms with Crippen molar-refractivity contribution in [1.82, 2.24) is 0 Å². The molecule has 1 fully saturated rings. The van der Waals surface area contributed by atoms with E-state index in [1.165, 1.54) is 18.2 Å². The maximum absolute atomic E-state index is 12.2. The second-order valence-electron chi connectivity index (χ2n) is 5.01. The van der Waals surface area contributed by atoms with Crippen LogP contribution in [0.5, 0.6) is 5.75 Å². The van der Waals surface area contributed by atoms with Crippen LogP contribution in [0.2, 0.25) is 0 Å². The van der Waals surface area contributed by atoms with Crippen LogP contribution in [0.3, 0.4) is 0 Å². The van der Waals surface area contributed by atoms with Crippen LogP contribution >= 0.6 is 0 Å². The molecule has 0 aromatic heterocycles. The van der Waals surface area contributed by atoms with Crippen LogP contribution in [0.25, 0.3) is 0 Å². The number of carbonyl (C=O) groups is 1. The zero-order valence-electron chi connectivity index (χ0n) is 10.7. The molecule has 0 aliphatic heterocycles. The molecular formula is C14H15F3O3. The van der Waals surface area contributed by atoms with Gasteiger partial charge < -0.3 is 9.84 Å². The SMILES string of the molecule is O=C(O)C1CCC(c2cccc(OC(F)(F)F)c2)CC1. The molecular weight excluding hydrogens is 273 g/mol. The maximum Gasteiger partial charge on any atom is 0.573 e. The van der Waals surface area contributed by atoms with Gasteiger partial charge in [-0.3, -0.25) is 4.79 Å². The van der Waals surface area contributed by atoms with E-state index in [0.717, 1.165) is 5.56 Å². The van der Waals surface area contributed by atoms with E-state index < -0.39 is 12.3 Å². The van der Waals surface area contributed by atoms with Crippen molar-refractivity contribution >= 4 is 5.97 Å². The van der Waals surface area contributed by atoms with Crippen LogP contribution < -0.4 is 4.74 Å². The third-order valence-electron chi connectivity index (χ3n) is 3.64. The molecule has 0 amide bonds. The van der Waals surface area contributed by atoms with Gasteiger partial charge in [0.1, 0.15) is 5.75 Å². The van der Waals surface area contributed by atoms with Gasteiger partial charge in [0.25, 0.3) is 0 Å². The lowest BCUT2D eigenvalue weighted by molar-refractivity contribution is -0.274. The first kappa shape index (κ1) is 14.7. The molecule has 0 bridgehead atoms. The van der Waals surface area contributed by atoms with Gasteiger partial charge in [-0.15, -0.1) is 13.2 Å². The summed E-state index contributed by atoms with van der Waals surface area (Å²) in [5.74, 6) is -1.25. The molecule has 3 nitrogen and oxygen atoms in total. The minimum absolute atomic E-state index is 0.0994. The summed E-state index contributed by atoms with van der Waals surface area (Å²) in [5, 5.41) is 8.92. The second-order valence-corrected chi connectivity index (χ2v) is 5.01. The third-order valence-corrected chi connectivity index (χ3v) is 3.64. The number of halogens is 3. The van der Waals surface area contributed by atoms with Gasteiger partial charge in [-0.2, -0.15) is 0 Å². The Morgan fingerprint density at radius 2 is 1.85 bits per heavy atom. The minimum atomic E-state index is -4.69. The topological polar surface area (TPSA) is 46.5 Å². The van der Waals surface area contributed by atoms with E-state index >= 15 is 0 Å². The minimum Gasteiger partial charge on any atom is -0.481 e. The number of carboxylic acids is 1. The fourth-order valence-electron chi connectivity index (χ4n) is 2.64. The van der Waals surface area contributed by atoms with Gasteiger partial charge in [0.2, 0.25) is 0 Å². The molecule has 0 unspecified atom stereocenters. The number of ether oxygens (including phenoxy) is 1. The van der Waals surface area contributed by atoms with Gasteiger partial charge >= 0.3 is 12.3 Å². The lowest BCUT2D eigenvalue weighted by Gasteiger charge is -2.26. The Bertz CT molecular complexity index is 477. The first-order valence-corrected chi connectivity index (χ1v) is 6.43. The molecule has 1 aliphatic rings. The predicted octanol–water partition coefficient (Wildman–Crippen LogP) is 3.94. The largest absolute Gasteiger partial charge is 0.573 e. The number of aliphatic carboxylic acids is 1. The number of carboxylic acid groups (broad SMARTS) is 1. The Morgan fingerprint density at radius 3 is 2.40 bits per heavy atom. The highest BCUT2D eigenvalue weighted by Gasteiger charge is 2.32. The normalized spacial score (nSPS) is 23.4. The van der Waals surface area contributed by atoms with Gasteiger partial charge in [0.15, 0.2) is 0 Å². The lowest BCUT2D eigenvalue weighted by atomic mass is 9.79. The van der Waals surface area contributed by atoms with Gasteiger partial charge in [-0.05, 0) is 49.3 Å². The number of hydrogen-bond acceptors (Lipinski definition) is 2. The molecule has 1 N–H and O–H groups in total. The number of benzene rings is 1. The maximum atomic E-state index is 12.2. The van der Waals surface area contributed by atoms with Crippen molar-refractivity contribution in [1.29, 1.82) is 0 Å². The Balaban J connectivity index is 2.03. The zero-order valence-corrected chi connectivity index (χ0v) is 10.7. The molecule has 6 heteroatoms. The van der Waals surface area contributed by atoms with Gasteiger partial charge in [-0.25, -0.2) is 0 Å². The molecule has 0 atom stereocenters. The van der Waals surface area contributed by atoms with Crippen LogP contribution in [0.1, 0.15) is 37.2 Å². The standard InChI is InChI=1S/C14H15F3O3/c15-14(16,17)20-12-3-1-2-11(8-12)9-4-6-10(7-5-9)13(18)19/h1-3,8-10H,4-7H2,(H,18,19). The highest BCUT2D eigenvalue weighted by atomic mass is 19.4. The van der Waals surface area contributed by atoms with Gasteiger partial charge in [0.05, 0.1) is 5.92 Å². The summed E-state index contributed by atoms with van der Waals surface area (Å²) in [7, 11) is 0. The lowest BCUT2D eigenvalue weighted by Crippen LogP contribution is -2.21. The van der Waals surface area contributed by atoms with Crippen molar-refractivity contribution in [2.75, 3.05) is 0 Å². The summed E-state index contributed by atoms with van der Waals surface area (Å²) in [6.45, 7) is 0. The first-order valence-electron chi connectivity index (χ1n) is 6.43. The summed E-state index contributed by atoms with van der Waals surface area (Å²) in [6.07, 6.45) is -2.23. The van der Waals surface area contributed by atoms with E-state index in [1.54, 1.807) is 6.07 Å². The van der Waals surface area contributed by atoms with Crippen LogP contribution in [0.15, 0.2) is 24.3 Å². The molecule has 1 aromatic rings. The highest BCUT2D eigenvalue weighted by Crippen LogP contribution is 2.37. The molecule has 20 heavy (non-hydrogen) atoms. The number of hydrogen-bond donors (Lipinski definition) is 1. The smallest absolute Gasteiger partial charge is 0.481 e. The summed E-state index contributed by atoms with van der Waals surface area (Å²) < 4.78 is 40.4. The fourth-order valence-corrected chi connectivity index (χ4v) is 2.64. The first-order chi connectivity index (χ1) is 9.35. The van der Waals surface area contributed by atoms with Crippen molar-refractivity contribution in [2.24, 2.45) is 5.92 Å². The molecule has 0 spiro atoms. The summed E-state index contributed by atoms with van der Waals surface area (Å²) in [4.78, 5) is 10.9. The monoisotopic (exact) mass is 288 g/mol. The van der Waals surface area contributed by atoms with Crippen molar-refractivity contribution in [2.45, 2.75) is 38.0 Å². The van der Waals surface area contributed by atoms with E-state index in [-0.39, 0.29) is 17.6 Å². The average Bonchev–Trinajstić information content (AvgIpc) is 2.37. The van der Waals surface area contributed by atoms with Crippen molar-refractivity contribution in [3.8, 4) is 5.75 Å². The molecule has 2 rings (SSSR count). The molecule has 1 saturated carbocycles. The Hall–Kier alpha value is -1.72. The highest BCUT2D eigenvalue weighted by molar-refractivity contribution is 5.70. The Labute approximate surface area is 114 Å². The van der Waals surface area contributed by atoms with Crippen LogP contribution in [0.4, 0.5) is 13.2 Å². The quantitative estimate of drug-likeness (QED) is 0.916. The van der Waals surface area contributed by atoms with Crippen molar-refractivity contribution in [3.63, 3.8) is 0 Å². The van der Waals surface area contributed by atoms with E-state index in [4.69, 9.17) is 5.11 Å². The van der Waals surface area contributed by atoms with Gasteiger partial charge in [-0.1, -0.05) is 12.1 Å². The second kappa shape index (κ2) is 5.73. The summed E-state index contributed by atoms with van der Waals surface area (Å²) in [5.41, 5.74) is 0.774. The molecule has 0 saturated heterocycles. The molecule has 1 aromatic carbocycles. The summed E-state index contributed by atoms with van der Waals surface area (Å²) in [6, 6.07) is 5.94. The van der Waals surface area contributed by atoms with E-state index in [0.29, 0.717) is 25.7 Å². The number of alkyl halides is 3. The number of rotatable bonds is 3. The van der Waals surface area contributed by atoms with E-state index in [2.05, 4.69) is 4.74 Å².